The molecule has 1 N–H and O–H groups in total. The summed E-state index contributed by atoms with van der Waals surface area (Å²) < 4.78 is 38.4. The molecule has 28 heavy (non-hydrogen) atoms. The molecule has 0 spiro atoms. The van der Waals surface area contributed by atoms with Crippen molar-refractivity contribution in [2.24, 2.45) is 5.92 Å². The number of halogens is 3. The Kier molecular flexibility index (Phi) is 4.61. The van der Waals surface area contributed by atoms with Gasteiger partial charge in [-0.15, -0.1) is 0 Å². The molecular formula is C23H20F3NO. The quantitative estimate of drug-likeness (QED) is 0.583. The minimum Gasteiger partial charge on any atom is -0.349 e. The molecule has 0 aliphatic heterocycles. The summed E-state index contributed by atoms with van der Waals surface area (Å²) in [6.45, 7) is 2.03. The summed E-state index contributed by atoms with van der Waals surface area (Å²) in [7, 11) is 0. The number of carbonyl (C=O) groups excluding carboxylic acids is 1. The SMILES string of the molecule is C[C@@H](NC(=O)c1ccc2c(-c3ccc(C(F)(F)F)cc3)cccc2c1)C1CC1. The average Bonchev–Trinajstić information content (AvgIpc) is 3.52. The summed E-state index contributed by atoms with van der Waals surface area (Å²) in [5.41, 5.74) is 1.47. The van der Waals surface area contributed by atoms with Gasteiger partial charge in [-0.05, 0) is 71.8 Å². The number of fused-ring (bicyclic) bond motifs is 1. The van der Waals surface area contributed by atoms with Crippen LogP contribution in [0.2, 0.25) is 0 Å². The maximum Gasteiger partial charge on any atom is 0.416 e. The van der Waals surface area contributed by atoms with Crippen molar-refractivity contribution in [1.29, 1.82) is 0 Å². The highest BCUT2D eigenvalue weighted by Crippen LogP contribution is 2.34. The Morgan fingerprint density at radius 2 is 1.75 bits per heavy atom. The Balaban J connectivity index is 1.64. The molecule has 1 aliphatic carbocycles. The number of carbonyl (C=O) groups is 1. The summed E-state index contributed by atoms with van der Waals surface area (Å²) in [5, 5.41) is 4.82. The molecule has 0 bridgehead atoms. The lowest BCUT2D eigenvalue weighted by atomic mass is 9.96. The van der Waals surface area contributed by atoms with Crippen molar-refractivity contribution in [1.82, 2.24) is 5.32 Å². The van der Waals surface area contributed by atoms with Crippen molar-refractivity contribution in [2.75, 3.05) is 0 Å². The lowest BCUT2D eigenvalue weighted by molar-refractivity contribution is -0.137. The van der Waals surface area contributed by atoms with Gasteiger partial charge in [0.2, 0.25) is 0 Å². The normalized spacial score (nSPS) is 15.4. The van der Waals surface area contributed by atoms with Gasteiger partial charge in [0.05, 0.1) is 5.56 Å². The second-order valence-electron chi connectivity index (χ2n) is 7.42. The number of rotatable bonds is 4. The molecule has 0 saturated heterocycles. The van der Waals surface area contributed by atoms with Crippen LogP contribution >= 0.6 is 0 Å². The van der Waals surface area contributed by atoms with E-state index in [0.29, 0.717) is 17.0 Å². The first kappa shape index (κ1) is 18.5. The number of amides is 1. The van der Waals surface area contributed by atoms with Crippen molar-refractivity contribution in [2.45, 2.75) is 32.0 Å². The Morgan fingerprint density at radius 3 is 2.39 bits per heavy atom. The standard InChI is InChI=1S/C23H20F3NO/c1-14(15-5-6-15)27-22(28)18-9-12-21-17(13-18)3-2-4-20(21)16-7-10-19(11-8-16)23(24,25)26/h2-4,7-15H,5-6H2,1H3,(H,27,28)/t14-/m1/s1. The molecule has 5 heteroatoms. The van der Waals surface area contributed by atoms with E-state index >= 15 is 0 Å². The monoisotopic (exact) mass is 383 g/mol. The van der Waals surface area contributed by atoms with Crippen LogP contribution in [0.15, 0.2) is 60.7 Å². The number of hydrogen-bond acceptors (Lipinski definition) is 1. The molecule has 1 amide bonds. The lowest BCUT2D eigenvalue weighted by Crippen LogP contribution is -2.33. The zero-order chi connectivity index (χ0) is 19.9. The van der Waals surface area contributed by atoms with Gasteiger partial charge in [-0.2, -0.15) is 13.2 Å². The predicted molar refractivity (Wildman–Crippen MR) is 104 cm³/mol. The van der Waals surface area contributed by atoms with Gasteiger partial charge in [0.25, 0.3) is 5.91 Å². The van der Waals surface area contributed by atoms with E-state index in [1.807, 2.05) is 37.3 Å². The summed E-state index contributed by atoms with van der Waals surface area (Å²) >= 11 is 0. The number of benzene rings is 3. The fourth-order valence-electron chi connectivity index (χ4n) is 3.52. The Bertz CT molecular complexity index is 1020. The van der Waals surface area contributed by atoms with E-state index in [0.717, 1.165) is 41.3 Å². The lowest BCUT2D eigenvalue weighted by Gasteiger charge is -2.14. The highest BCUT2D eigenvalue weighted by Gasteiger charge is 2.30. The second-order valence-corrected chi connectivity index (χ2v) is 7.42. The van der Waals surface area contributed by atoms with E-state index in [4.69, 9.17) is 0 Å². The first-order valence-corrected chi connectivity index (χ1v) is 9.34. The van der Waals surface area contributed by atoms with Gasteiger partial charge in [-0.3, -0.25) is 4.79 Å². The van der Waals surface area contributed by atoms with Crippen LogP contribution in [0.1, 0.15) is 35.7 Å². The smallest absolute Gasteiger partial charge is 0.349 e. The van der Waals surface area contributed by atoms with Crippen LogP contribution in [0, 0.1) is 5.92 Å². The van der Waals surface area contributed by atoms with E-state index in [9.17, 15) is 18.0 Å². The molecule has 144 valence electrons. The maximum absolute atomic E-state index is 12.8. The summed E-state index contributed by atoms with van der Waals surface area (Å²) in [5.74, 6) is 0.483. The third-order valence-corrected chi connectivity index (χ3v) is 5.35. The third kappa shape index (κ3) is 3.75. The van der Waals surface area contributed by atoms with Crippen LogP contribution in [0.3, 0.4) is 0 Å². The van der Waals surface area contributed by atoms with Gasteiger partial charge < -0.3 is 5.32 Å². The fraction of sp³-hybridized carbons (Fsp3) is 0.261. The largest absolute Gasteiger partial charge is 0.416 e. The predicted octanol–water partition coefficient (Wildman–Crippen LogP) is 6.05. The first-order valence-electron chi connectivity index (χ1n) is 9.34. The Hall–Kier alpha value is -2.82. The molecule has 0 heterocycles. The molecule has 3 aromatic rings. The Labute approximate surface area is 161 Å². The van der Waals surface area contributed by atoms with Gasteiger partial charge in [0.1, 0.15) is 0 Å². The van der Waals surface area contributed by atoms with Crippen LogP contribution in [0.25, 0.3) is 21.9 Å². The van der Waals surface area contributed by atoms with Gasteiger partial charge in [-0.25, -0.2) is 0 Å². The van der Waals surface area contributed by atoms with Crippen LogP contribution in [-0.4, -0.2) is 11.9 Å². The number of hydrogen-bond donors (Lipinski definition) is 1. The van der Waals surface area contributed by atoms with E-state index in [2.05, 4.69) is 5.32 Å². The van der Waals surface area contributed by atoms with E-state index in [1.165, 1.54) is 12.1 Å². The topological polar surface area (TPSA) is 29.1 Å². The highest BCUT2D eigenvalue weighted by molar-refractivity contribution is 6.02. The van der Waals surface area contributed by atoms with Crippen molar-refractivity contribution < 1.29 is 18.0 Å². The van der Waals surface area contributed by atoms with Crippen molar-refractivity contribution in [3.8, 4) is 11.1 Å². The highest BCUT2D eigenvalue weighted by atomic mass is 19.4. The molecule has 0 unspecified atom stereocenters. The molecule has 1 aliphatic rings. The van der Waals surface area contributed by atoms with Crippen molar-refractivity contribution in [3.63, 3.8) is 0 Å². The maximum atomic E-state index is 12.8. The Morgan fingerprint density at radius 1 is 1.04 bits per heavy atom. The van der Waals surface area contributed by atoms with Gasteiger partial charge in [0.15, 0.2) is 0 Å². The van der Waals surface area contributed by atoms with E-state index in [1.54, 1.807) is 6.07 Å². The zero-order valence-electron chi connectivity index (χ0n) is 15.4. The van der Waals surface area contributed by atoms with Crippen LogP contribution in [0.5, 0.6) is 0 Å². The minimum atomic E-state index is -4.35. The summed E-state index contributed by atoms with van der Waals surface area (Å²) in [4.78, 5) is 12.5. The summed E-state index contributed by atoms with van der Waals surface area (Å²) in [6.07, 6.45) is -2.03. The number of nitrogens with one attached hydrogen (secondary N) is 1. The van der Waals surface area contributed by atoms with Crippen molar-refractivity contribution >= 4 is 16.7 Å². The van der Waals surface area contributed by atoms with E-state index in [-0.39, 0.29) is 11.9 Å². The molecule has 1 saturated carbocycles. The first-order chi connectivity index (χ1) is 13.3. The molecule has 0 radical (unpaired) electrons. The minimum absolute atomic E-state index is 0.0961. The van der Waals surface area contributed by atoms with Crippen molar-refractivity contribution in [3.05, 3.63) is 71.8 Å². The zero-order valence-corrected chi connectivity index (χ0v) is 15.4. The molecule has 0 aromatic heterocycles. The second kappa shape index (κ2) is 6.97. The fourth-order valence-corrected chi connectivity index (χ4v) is 3.52. The number of alkyl halides is 3. The molecular weight excluding hydrogens is 363 g/mol. The van der Waals surface area contributed by atoms with E-state index < -0.39 is 11.7 Å². The molecule has 2 nitrogen and oxygen atoms in total. The van der Waals surface area contributed by atoms with Crippen LogP contribution in [-0.2, 0) is 6.18 Å². The van der Waals surface area contributed by atoms with Crippen LogP contribution < -0.4 is 5.32 Å². The average molecular weight is 383 g/mol. The molecule has 1 atom stereocenters. The van der Waals surface area contributed by atoms with Crippen LogP contribution in [0.4, 0.5) is 13.2 Å². The van der Waals surface area contributed by atoms with Gasteiger partial charge >= 0.3 is 6.18 Å². The van der Waals surface area contributed by atoms with Gasteiger partial charge in [0, 0.05) is 11.6 Å². The summed E-state index contributed by atoms with van der Waals surface area (Å²) in [6, 6.07) is 16.4. The molecule has 3 aromatic carbocycles. The van der Waals surface area contributed by atoms with Gasteiger partial charge in [-0.1, -0.05) is 36.4 Å². The molecule has 4 rings (SSSR count). The third-order valence-electron chi connectivity index (χ3n) is 5.35. The molecule has 1 fully saturated rings.